The predicted molar refractivity (Wildman–Crippen MR) is 114 cm³/mol. The Morgan fingerprint density at radius 3 is 1.71 bits per heavy atom. The van der Waals surface area contributed by atoms with Crippen molar-refractivity contribution < 1.29 is 19.8 Å². The SMILES string of the molecule is C[N+](C)(C)c1cccc2ccccc12.Cc1c(C(=O)O)cccc1C(=O)O.[Sn]. The second-order valence-corrected chi connectivity index (χ2v) is 7.10. The van der Waals surface area contributed by atoms with E-state index in [0.717, 1.165) is 4.48 Å². The van der Waals surface area contributed by atoms with Gasteiger partial charge in [0, 0.05) is 29.3 Å². The van der Waals surface area contributed by atoms with E-state index < -0.39 is 11.9 Å². The molecule has 3 aromatic rings. The van der Waals surface area contributed by atoms with Gasteiger partial charge in [0.2, 0.25) is 0 Å². The number of nitrogens with zero attached hydrogens (tertiary/aromatic N) is 1. The first kappa shape index (κ1) is 23.7. The Labute approximate surface area is 181 Å². The molecular formula is C22H24NO4Sn+. The van der Waals surface area contributed by atoms with Gasteiger partial charge in [0.25, 0.3) is 0 Å². The van der Waals surface area contributed by atoms with E-state index in [1.54, 1.807) is 0 Å². The Morgan fingerprint density at radius 1 is 0.750 bits per heavy atom. The van der Waals surface area contributed by atoms with Crippen LogP contribution in [0, 0.1) is 6.92 Å². The molecule has 2 N–H and O–H groups in total. The van der Waals surface area contributed by atoms with Crippen molar-refractivity contribution in [2.45, 2.75) is 6.92 Å². The molecule has 0 unspecified atom stereocenters. The Morgan fingerprint density at radius 2 is 1.21 bits per heavy atom. The van der Waals surface area contributed by atoms with Crippen LogP contribution in [0.5, 0.6) is 0 Å². The quantitative estimate of drug-likeness (QED) is 0.434. The maximum absolute atomic E-state index is 10.6. The van der Waals surface area contributed by atoms with Gasteiger partial charge in [0.1, 0.15) is 5.69 Å². The molecule has 0 spiro atoms. The molecule has 0 saturated carbocycles. The van der Waals surface area contributed by atoms with Gasteiger partial charge in [-0.25, -0.2) is 9.59 Å². The average Bonchev–Trinajstić information content (AvgIpc) is 2.60. The van der Waals surface area contributed by atoms with Crippen molar-refractivity contribution >= 4 is 52.3 Å². The molecule has 3 rings (SSSR count). The van der Waals surface area contributed by atoms with Crippen LogP contribution in [0.2, 0.25) is 0 Å². The first-order valence-electron chi connectivity index (χ1n) is 8.49. The summed E-state index contributed by atoms with van der Waals surface area (Å²) in [7, 11) is 6.59. The van der Waals surface area contributed by atoms with Crippen molar-refractivity contribution in [3.05, 3.63) is 77.4 Å². The van der Waals surface area contributed by atoms with Crippen LogP contribution in [-0.2, 0) is 0 Å². The third-order valence-electron chi connectivity index (χ3n) is 4.28. The van der Waals surface area contributed by atoms with E-state index in [-0.39, 0.29) is 40.6 Å². The van der Waals surface area contributed by atoms with Gasteiger partial charge in [-0.2, -0.15) is 0 Å². The molecule has 0 saturated heterocycles. The second kappa shape index (κ2) is 9.70. The minimum atomic E-state index is -1.11. The molecule has 28 heavy (non-hydrogen) atoms. The molecular weight excluding hydrogens is 461 g/mol. The molecule has 0 aliphatic carbocycles. The minimum absolute atomic E-state index is 0. The van der Waals surface area contributed by atoms with Crippen molar-refractivity contribution in [3.8, 4) is 0 Å². The molecule has 144 valence electrons. The fraction of sp³-hybridized carbons (Fsp3) is 0.182. The summed E-state index contributed by atoms with van der Waals surface area (Å²) < 4.78 is 0.862. The zero-order chi connectivity index (χ0) is 20.2. The summed E-state index contributed by atoms with van der Waals surface area (Å²) in [6.07, 6.45) is 0. The van der Waals surface area contributed by atoms with Gasteiger partial charge >= 0.3 is 11.9 Å². The molecule has 6 heteroatoms. The van der Waals surface area contributed by atoms with Crippen LogP contribution >= 0.6 is 0 Å². The number of quaternary nitrogens is 1. The first-order chi connectivity index (χ1) is 12.6. The van der Waals surface area contributed by atoms with E-state index in [9.17, 15) is 9.59 Å². The molecule has 0 heterocycles. The third kappa shape index (κ3) is 5.56. The Balaban J connectivity index is 0.000000271. The number of fused-ring (bicyclic) bond motifs is 1. The fourth-order valence-electron chi connectivity index (χ4n) is 2.89. The van der Waals surface area contributed by atoms with Crippen molar-refractivity contribution in [3.63, 3.8) is 0 Å². The van der Waals surface area contributed by atoms with Gasteiger partial charge in [-0.15, -0.1) is 0 Å². The summed E-state index contributed by atoms with van der Waals surface area (Å²) in [5.41, 5.74) is 1.70. The topological polar surface area (TPSA) is 74.6 Å². The maximum Gasteiger partial charge on any atom is 0.335 e. The molecule has 0 amide bonds. The van der Waals surface area contributed by atoms with Crippen LogP contribution in [-0.4, -0.2) is 67.2 Å². The normalized spacial score (nSPS) is 10.4. The number of carbonyl (C=O) groups is 2. The zero-order valence-corrected chi connectivity index (χ0v) is 19.3. The molecule has 0 aliphatic heterocycles. The number of aromatic carboxylic acids is 2. The van der Waals surface area contributed by atoms with E-state index in [0.29, 0.717) is 0 Å². The molecule has 0 aromatic heterocycles. The van der Waals surface area contributed by atoms with Gasteiger partial charge in [-0.3, -0.25) is 4.48 Å². The number of hydrogen-bond acceptors (Lipinski definition) is 2. The summed E-state index contributed by atoms with van der Waals surface area (Å²) in [4.78, 5) is 21.2. The van der Waals surface area contributed by atoms with Crippen molar-refractivity contribution in [2.75, 3.05) is 21.1 Å². The summed E-state index contributed by atoms with van der Waals surface area (Å²) >= 11 is 0. The Hall–Kier alpha value is -2.38. The molecule has 0 fully saturated rings. The average molecular weight is 485 g/mol. The van der Waals surface area contributed by atoms with Crippen LogP contribution < -0.4 is 4.48 Å². The van der Waals surface area contributed by atoms with Crippen molar-refractivity contribution in [1.82, 2.24) is 4.48 Å². The molecule has 4 radical (unpaired) electrons. The fourth-order valence-corrected chi connectivity index (χ4v) is 2.89. The van der Waals surface area contributed by atoms with Crippen LogP contribution in [0.4, 0.5) is 5.69 Å². The van der Waals surface area contributed by atoms with Gasteiger partial charge in [-0.05, 0) is 42.1 Å². The van der Waals surface area contributed by atoms with Crippen LogP contribution in [0.3, 0.4) is 0 Å². The summed E-state index contributed by atoms with van der Waals surface area (Å²) in [5.74, 6) is -2.22. The molecule has 0 aliphatic rings. The second-order valence-electron chi connectivity index (χ2n) is 7.10. The van der Waals surface area contributed by atoms with Crippen molar-refractivity contribution in [1.29, 1.82) is 0 Å². The number of benzene rings is 3. The standard InChI is InChI=1S/C13H16N.C9H8O4.Sn/c1-14(2,3)13-10-6-8-11-7-4-5-9-12(11)13;1-5-6(8(10)11)3-2-4-7(5)9(12)13;/h4-10H,1-3H3;2-4H,1H3,(H,10,11)(H,12,13);/q+1;;. The summed E-state index contributed by atoms with van der Waals surface area (Å²) in [6.45, 7) is 1.48. The van der Waals surface area contributed by atoms with E-state index in [2.05, 4.69) is 63.6 Å². The van der Waals surface area contributed by atoms with E-state index in [1.807, 2.05) is 0 Å². The minimum Gasteiger partial charge on any atom is -0.478 e. The summed E-state index contributed by atoms with van der Waals surface area (Å²) in [6, 6.07) is 19.2. The number of rotatable bonds is 3. The predicted octanol–water partition coefficient (Wildman–Crippen LogP) is 4.05. The molecule has 3 aromatic carbocycles. The smallest absolute Gasteiger partial charge is 0.335 e. The maximum atomic E-state index is 10.6. The van der Waals surface area contributed by atoms with Crippen molar-refractivity contribution in [2.24, 2.45) is 0 Å². The molecule has 0 atom stereocenters. The number of carboxylic acid groups (broad SMARTS) is 2. The third-order valence-corrected chi connectivity index (χ3v) is 4.28. The number of carboxylic acids is 2. The van der Waals surface area contributed by atoms with Gasteiger partial charge in [0.15, 0.2) is 0 Å². The largest absolute Gasteiger partial charge is 0.478 e. The Bertz CT molecular complexity index is 956. The van der Waals surface area contributed by atoms with Crippen LogP contribution in [0.15, 0.2) is 60.7 Å². The van der Waals surface area contributed by atoms with E-state index in [1.165, 1.54) is 41.6 Å². The monoisotopic (exact) mass is 486 g/mol. The zero-order valence-electron chi connectivity index (χ0n) is 16.4. The van der Waals surface area contributed by atoms with E-state index >= 15 is 0 Å². The van der Waals surface area contributed by atoms with Gasteiger partial charge in [-0.1, -0.05) is 36.4 Å². The number of hydrogen-bond donors (Lipinski definition) is 2. The first-order valence-corrected chi connectivity index (χ1v) is 8.49. The molecule has 0 bridgehead atoms. The Kier molecular flexibility index (Phi) is 8.20. The van der Waals surface area contributed by atoms with Crippen LogP contribution in [0.25, 0.3) is 10.8 Å². The van der Waals surface area contributed by atoms with Gasteiger partial charge < -0.3 is 10.2 Å². The van der Waals surface area contributed by atoms with E-state index in [4.69, 9.17) is 10.2 Å². The van der Waals surface area contributed by atoms with Gasteiger partial charge in [0.05, 0.1) is 32.3 Å². The summed E-state index contributed by atoms with van der Waals surface area (Å²) in [5, 5.41) is 20.0. The molecule has 5 nitrogen and oxygen atoms in total. The van der Waals surface area contributed by atoms with Crippen LogP contribution in [0.1, 0.15) is 26.3 Å².